The van der Waals surface area contributed by atoms with Crippen molar-refractivity contribution in [3.63, 3.8) is 0 Å². The Morgan fingerprint density at radius 2 is 2.19 bits per heavy atom. The molecule has 2 rings (SSSR count). The van der Waals surface area contributed by atoms with Crippen molar-refractivity contribution >= 4 is 17.2 Å². The summed E-state index contributed by atoms with van der Waals surface area (Å²) >= 11 is 1.57. The van der Waals surface area contributed by atoms with Crippen LogP contribution in [0.1, 0.15) is 43.9 Å². The third-order valence-electron chi connectivity index (χ3n) is 3.53. The summed E-state index contributed by atoms with van der Waals surface area (Å²) in [6.07, 6.45) is 1.24. The van der Waals surface area contributed by atoms with Gasteiger partial charge in [-0.2, -0.15) is 0 Å². The van der Waals surface area contributed by atoms with Crippen LogP contribution in [-0.2, 0) is 10.2 Å². The molecule has 0 aliphatic rings. The number of hydrogen-bond acceptors (Lipinski definition) is 4. The normalized spacial score (nSPS) is 14.7. The summed E-state index contributed by atoms with van der Waals surface area (Å²) < 4.78 is 5.17. The van der Waals surface area contributed by atoms with Gasteiger partial charge in [0.25, 0.3) is 0 Å². The number of furan rings is 1. The van der Waals surface area contributed by atoms with Crippen LogP contribution in [0.4, 0.5) is 0 Å². The van der Waals surface area contributed by atoms with Gasteiger partial charge in [0.15, 0.2) is 0 Å². The van der Waals surface area contributed by atoms with Crippen LogP contribution in [0.2, 0.25) is 0 Å². The maximum Gasteiger partial charge on any atom is 0.231 e. The molecular formula is C16H21NO3S. The number of carbonyl (C=O) groups is 1. The van der Waals surface area contributed by atoms with Crippen molar-refractivity contribution in [2.45, 2.75) is 44.8 Å². The van der Waals surface area contributed by atoms with Crippen molar-refractivity contribution < 1.29 is 14.3 Å². The first-order chi connectivity index (χ1) is 9.91. The Balaban J connectivity index is 1.93. The van der Waals surface area contributed by atoms with Crippen LogP contribution >= 0.6 is 11.3 Å². The van der Waals surface area contributed by atoms with E-state index in [1.165, 1.54) is 6.26 Å². The molecule has 2 N–H and O–H groups in total. The third-order valence-corrected chi connectivity index (χ3v) is 4.72. The largest absolute Gasteiger partial charge is 0.467 e. The zero-order valence-electron chi connectivity index (χ0n) is 12.5. The van der Waals surface area contributed by atoms with Crippen LogP contribution in [0, 0.1) is 0 Å². The monoisotopic (exact) mass is 307 g/mol. The number of hydrogen-bond donors (Lipinski definition) is 2. The first-order valence-electron chi connectivity index (χ1n) is 6.97. The van der Waals surface area contributed by atoms with E-state index < -0.39 is 11.5 Å². The second kappa shape index (κ2) is 6.45. The van der Waals surface area contributed by atoms with Gasteiger partial charge >= 0.3 is 0 Å². The summed E-state index contributed by atoms with van der Waals surface area (Å²) in [5.74, 6) is 0.484. The lowest BCUT2D eigenvalue weighted by Gasteiger charge is -2.25. The highest BCUT2D eigenvalue weighted by Crippen LogP contribution is 2.28. The van der Waals surface area contributed by atoms with E-state index in [4.69, 9.17) is 4.42 Å². The molecule has 2 heterocycles. The van der Waals surface area contributed by atoms with Crippen LogP contribution in [-0.4, -0.2) is 17.1 Å². The van der Waals surface area contributed by atoms with Gasteiger partial charge in [-0.25, -0.2) is 0 Å². The number of thiophene rings is 1. The average Bonchev–Trinajstić information content (AvgIpc) is 3.12. The van der Waals surface area contributed by atoms with Crippen molar-refractivity contribution in [3.05, 3.63) is 46.5 Å². The molecule has 0 bridgehead atoms. The second-order valence-electron chi connectivity index (χ2n) is 5.74. The molecule has 0 aliphatic heterocycles. The molecule has 2 unspecified atom stereocenters. The van der Waals surface area contributed by atoms with Gasteiger partial charge in [0, 0.05) is 17.3 Å². The van der Waals surface area contributed by atoms with Crippen LogP contribution in [0.25, 0.3) is 0 Å². The molecule has 0 aromatic carbocycles. The molecule has 0 radical (unpaired) electrons. The molecule has 1 amide bonds. The molecule has 0 aliphatic carbocycles. The SMILES string of the molecule is CC(CC(O)c1ccco1)NC(=O)C(C)(C)c1cccs1. The lowest BCUT2D eigenvalue weighted by atomic mass is 9.90. The molecule has 0 spiro atoms. The summed E-state index contributed by atoms with van der Waals surface area (Å²) in [5, 5.41) is 15.0. The Labute approximate surface area is 128 Å². The lowest BCUT2D eigenvalue weighted by Crippen LogP contribution is -2.44. The Morgan fingerprint density at radius 1 is 1.43 bits per heavy atom. The Morgan fingerprint density at radius 3 is 2.76 bits per heavy atom. The molecule has 0 saturated carbocycles. The van der Waals surface area contributed by atoms with Gasteiger partial charge in [0.1, 0.15) is 11.9 Å². The third kappa shape index (κ3) is 3.74. The Bertz CT molecular complexity index is 560. The molecule has 5 heteroatoms. The maximum atomic E-state index is 12.4. The molecule has 2 aromatic heterocycles. The van der Waals surface area contributed by atoms with Crippen LogP contribution in [0.5, 0.6) is 0 Å². The van der Waals surface area contributed by atoms with Gasteiger partial charge in [-0.15, -0.1) is 11.3 Å². The number of amides is 1. The zero-order chi connectivity index (χ0) is 15.5. The first-order valence-corrected chi connectivity index (χ1v) is 7.85. The predicted octanol–water partition coefficient (Wildman–Crippen LogP) is 3.25. The van der Waals surface area contributed by atoms with Crippen molar-refractivity contribution in [3.8, 4) is 0 Å². The van der Waals surface area contributed by atoms with E-state index in [9.17, 15) is 9.90 Å². The quantitative estimate of drug-likeness (QED) is 0.861. The van der Waals surface area contributed by atoms with Crippen LogP contribution in [0.3, 0.4) is 0 Å². The molecule has 114 valence electrons. The molecule has 2 aromatic rings. The number of aliphatic hydroxyl groups excluding tert-OH is 1. The zero-order valence-corrected chi connectivity index (χ0v) is 13.3. The smallest absolute Gasteiger partial charge is 0.231 e. The standard InChI is InChI=1S/C16H21NO3S/c1-11(10-12(18)13-6-4-8-20-13)17-15(19)16(2,3)14-7-5-9-21-14/h4-9,11-12,18H,10H2,1-3H3,(H,17,19). The summed E-state index contributed by atoms with van der Waals surface area (Å²) in [6.45, 7) is 5.70. The summed E-state index contributed by atoms with van der Waals surface area (Å²) in [6, 6.07) is 7.24. The van der Waals surface area contributed by atoms with Crippen molar-refractivity contribution in [2.75, 3.05) is 0 Å². The van der Waals surface area contributed by atoms with E-state index in [1.807, 2.05) is 38.3 Å². The van der Waals surface area contributed by atoms with Gasteiger partial charge in [0.2, 0.25) is 5.91 Å². The molecule has 0 saturated heterocycles. The summed E-state index contributed by atoms with van der Waals surface area (Å²) in [5.41, 5.74) is -0.571. The van der Waals surface area contributed by atoms with Gasteiger partial charge < -0.3 is 14.8 Å². The maximum absolute atomic E-state index is 12.4. The number of aliphatic hydroxyl groups is 1. The highest BCUT2D eigenvalue weighted by Gasteiger charge is 2.31. The van der Waals surface area contributed by atoms with Crippen molar-refractivity contribution in [1.29, 1.82) is 0 Å². The molecule has 2 atom stereocenters. The average molecular weight is 307 g/mol. The van der Waals surface area contributed by atoms with Crippen LogP contribution in [0.15, 0.2) is 40.3 Å². The molecule has 21 heavy (non-hydrogen) atoms. The number of nitrogens with one attached hydrogen (secondary N) is 1. The minimum absolute atomic E-state index is 0.0379. The topological polar surface area (TPSA) is 62.5 Å². The summed E-state index contributed by atoms with van der Waals surface area (Å²) in [7, 11) is 0. The molecular weight excluding hydrogens is 286 g/mol. The highest BCUT2D eigenvalue weighted by atomic mass is 32.1. The number of rotatable bonds is 6. The van der Waals surface area contributed by atoms with Gasteiger partial charge in [-0.1, -0.05) is 6.07 Å². The van der Waals surface area contributed by atoms with E-state index >= 15 is 0 Å². The van der Waals surface area contributed by atoms with E-state index in [0.29, 0.717) is 12.2 Å². The Hall–Kier alpha value is -1.59. The summed E-state index contributed by atoms with van der Waals surface area (Å²) in [4.78, 5) is 13.5. The van der Waals surface area contributed by atoms with E-state index in [-0.39, 0.29) is 11.9 Å². The predicted molar refractivity (Wildman–Crippen MR) is 83.2 cm³/mol. The van der Waals surface area contributed by atoms with Crippen molar-refractivity contribution in [2.24, 2.45) is 0 Å². The van der Waals surface area contributed by atoms with Crippen molar-refractivity contribution in [1.82, 2.24) is 5.32 Å². The van der Waals surface area contributed by atoms with Gasteiger partial charge in [0.05, 0.1) is 11.7 Å². The fourth-order valence-corrected chi connectivity index (χ4v) is 2.99. The van der Waals surface area contributed by atoms with E-state index in [2.05, 4.69) is 5.32 Å². The minimum atomic E-state index is -0.708. The lowest BCUT2D eigenvalue weighted by molar-refractivity contribution is -0.126. The second-order valence-corrected chi connectivity index (χ2v) is 6.69. The van der Waals surface area contributed by atoms with Crippen LogP contribution < -0.4 is 5.32 Å². The number of carbonyl (C=O) groups excluding carboxylic acids is 1. The first kappa shape index (κ1) is 15.8. The van der Waals surface area contributed by atoms with E-state index in [0.717, 1.165) is 4.88 Å². The fraction of sp³-hybridized carbons (Fsp3) is 0.438. The minimum Gasteiger partial charge on any atom is -0.467 e. The Kier molecular flexibility index (Phi) is 4.85. The highest BCUT2D eigenvalue weighted by molar-refractivity contribution is 7.10. The van der Waals surface area contributed by atoms with E-state index in [1.54, 1.807) is 23.5 Å². The molecule has 0 fully saturated rings. The molecule has 4 nitrogen and oxygen atoms in total. The van der Waals surface area contributed by atoms with Gasteiger partial charge in [-0.05, 0) is 44.4 Å². The van der Waals surface area contributed by atoms with Gasteiger partial charge in [-0.3, -0.25) is 4.79 Å². The fourth-order valence-electron chi connectivity index (χ4n) is 2.14.